The van der Waals surface area contributed by atoms with Gasteiger partial charge in [-0.15, -0.1) is 0 Å². The van der Waals surface area contributed by atoms with E-state index >= 15 is 0 Å². The lowest BCUT2D eigenvalue weighted by Gasteiger charge is -2.25. The minimum absolute atomic E-state index is 0.0551. The number of carbonyl (C=O) groups excluding carboxylic acids is 2. The smallest absolute Gasteiger partial charge is 0.269 e. The zero-order valence-electron chi connectivity index (χ0n) is 16.1. The molecule has 3 aromatic rings. The second kappa shape index (κ2) is 8.12. The lowest BCUT2D eigenvalue weighted by atomic mass is 10.1. The molecule has 1 heterocycles. The molecular weight excluding hydrogens is 400 g/mol. The van der Waals surface area contributed by atoms with Crippen LogP contribution in [0, 0.1) is 0 Å². The molecule has 6 nitrogen and oxygen atoms in total. The molecule has 0 saturated heterocycles. The van der Waals surface area contributed by atoms with Crippen LogP contribution in [0.3, 0.4) is 0 Å². The third kappa shape index (κ3) is 3.84. The van der Waals surface area contributed by atoms with E-state index in [-0.39, 0.29) is 10.5 Å². The third-order valence-corrected chi connectivity index (χ3v) is 6.76. The van der Waals surface area contributed by atoms with E-state index in [2.05, 4.69) is 0 Å². The molecule has 2 amide bonds. The van der Waals surface area contributed by atoms with Gasteiger partial charge in [0.25, 0.3) is 15.9 Å². The molecule has 0 aromatic heterocycles. The van der Waals surface area contributed by atoms with E-state index in [1.165, 1.54) is 12.1 Å². The molecular formula is C23H20N2O4S. The predicted molar refractivity (Wildman–Crippen MR) is 112 cm³/mol. The van der Waals surface area contributed by atoms with Gasteiger partial charge < -0.3 is 4.90 Å². The largest absolute Gasteiger partial charge is 0.332 e. The maximum atomic E-state index is 13.2. The third-order valence-electron chi connectivity index (χ3n) is 4.98. The molecule has 4 rings (SSSR count). The summed E-state index contributed by atoms with van der Waals surface area (Å²) in [6, 6.07) is 24.9. The number of carbonyl (C=O) groups is 2. The van der Waals surface area contributed by atoms with Gasteiger partial charge in [-0.1, -0.05) is 72.8 Å². The molecule has 0 fully saturated rings. The first-order valence-electron chi connectivity index (χ1n) is 9.48. The number of rotatable bonds is 6. The molecule has 3 aromatic carbocycles. The standard InChI is InChI=1S/C23H20N2O4S/c26-22(17-25-23(27)20-13-7-8-14-21(20)30(25,28)29)24(15-18-9-3-1-4-10-18)16-19-11-5-2-6-12-19/h1-14H,15-17H2. The molecule has 0 aliphatic carbocycles. The van der Waals surface area contributed by atoms with Crippen molar-refractivity contribution >= 4 is 21.8 Å². The summed E-state index contributed by atoms with van der Waals surface area (Å²) < 4.78 is 26.3. The zero-order chi connectivity index (χ0) is 21.1. The first-order chi connectivity index (χ1) is 14.5. The van der Waals surface area contributed by atoms with Gasteiger partial charge in [0, 0.05) is 13.1 Å². The molecule has 0 spiro atoms. The Bertz CT molecular complexity index is 1140. The summed E-state index contributed by atoms with van der Waals surface area (Å²) in [5.74, 6) is -1.11. The van der Waals surface area contributed by atoms with Crippen molar-refractivity contribution in [1.29, 1.82) is 0 Å². The molecule has 1 aliphatic heterocycles. The summed E-state index contributed by atoms with van der Waals surface area (Å²) in [6.07, 6.45) is 0. The molecule has 0 saturated carbocycles. The lowest BCUT2D eigenvalue weighted by Crippen LogP contribution is -2.42. The van der Waals surface area contributed by atoms with Crippen LogP contribution in [0.25, 0.3) is 0 Å². The molecule has 0 radical (unpaired) electrons. The van der Waals surface area contributed by atoms with Gasteiger partial charge >= 0.3 is 0 Å². The van der Waals surface area contributed by atoms with E-state index in [9.17, 15) is 18.0 Å². The normalized spacial score (nSPS) is 14.4. The van der Waals surface area contributed by atoms with Gasteiger partial charge in [-0.25, -0.2) is 12.7 Å². The van der Waals surface area contributed by atoms with Gasteiger partial charge in [0.1, 0.15) is 11.4 Å². The topological polar surface area (TPSA) is 74.8 Å². The van der Waals surface area contributed by atoms with Crippen LogP contribution in [-0.2, 0) is 27.9 Å². The Balaban J connectivity index is 1.59. The molecule has 152 valence electrons. The Morgan fingerprint density at radius 1 is 0.767 bits per heavy atom. The van der Waals surface area contributed by atoms with Crippen molar-refractivity contribution in [3.05, 3.63) is 102 Å². The highest BCUT2D eigenvalue weighted by Gasteiger charge is 2.42. The van der Waals surface area contributed by atoms with Crippen molar-refractivity contribution < 1.29 is 18.0 Å². The quantitative estimate of drug-likeness (QED) is 0.614. The highest BCUT2D eigenvalue weighted by Crippen LogP contribution is 2.29. The van der Waals surface area contributed by atoms with Crippen LogP contribution >= 0.6 is 0 Å². The second-order valence-corrected chi connectivity index (χ2v) is 8.86. The van der Waals surface area contributed by atoms with Crippen LogP contribution in [0.5, 0.6) is 0 Å². The lowest BCUT2D eigenvalue weighted by molar-refractivity contribution is -0.132. The maximum Gasteiger partial charge on any atom is 0.269 e. The van der Waals surface area contributed by atoms with E-state index in [4.69, 9.17) is 0 Å². The van der Waals surface area contributed by atoms with Crippen LogP contribution < -0.4 is 0 Å². The van der Waals surface area contributed by atoms with Gasteiger partial charge in [0.15, 0.2) is 0 Å². The molecule has 0 bridgehead atoms. The summed E-state index contributed by atoms with van der Waals surface area (Å²) in [7, 11) is -4.03. The molecule has 1 aliphatic rings. The summed E-state index contributed by atoms with van der Waals surface area (Å²) in [6.45, 7) is 0.0860. The number of nitrogens with zero attached hydrogens (tertiary/aromatic N) is 2. The number of amides is 2. The van der Waals surface area contributed by atoms with Gasteiger partial charge in [0.05, 0.1) is 5.56 Å². The zero-order valence-corrected chi connectivity index (χ0v) is 17.0. The van der Waals surface area contributed by atoms with E-state index in [0.717, 1.165) is 11.1 Å². The van der Waals surface area contributed by atoms with E-state index in [1.54, 1.807) is 17.0 Å². The van der Waals surface area contributed by atoms with Crippen molar-refractivity contribution in [3.63, 3.8) is 0 Å². The minimum atomic E-state index is -4.03. The van der Waals surface area contributed by atoms with Crippen LogP contribution in [-0.4, -0.2) is 36.0 Å². The van der Waals surface area contributed by atoms with Crippen molar-refractivity contribution in [1.82, 2.24) is 9.21 Å². The van der Waals surface area contributed by atoms with E-state index in [0.29, 0.717) is 17.4 Å². The maximum absolute atomic E-state index is 13.2. The average molecular weight is 420 g/mol. The number of benzene rings is 3. The van der Waals surface area contributed by atoms with Crippen molar-refractivity contribution in [2.75, 3.05) is 6.54 Å². The Labute approximate surface area is 175 Å². The van der Waals surface area contributed by atoms with Crippen LogP contribution in [0.1, 0.15) is 21.5 Å². The molecule has 0 N–H and O–H groups in total. The molecule has 0 unspecified atom stereocenters. The fourth-order valence-electron chi connectivity index (χ4n) is 3.45. The molecule has 7 heteroatoms. The minimum Gasteiger partial charge on any atom is -0.332 e. The Hall–Kier alpha value is -3.45. The Kier molecular flexibility index (Phi) is 5.37. The van der Waals surface area contributed by atoms with Gasteiger partial charge in [-0.05, 0) is 23.3 Å². The SMILES string of the molecule is O=C(CN1C(=O)c2ccccc2S1(=O)=O)N(Cc1ccccc1)Cc1ccccc1. The van der Waals surface area contributed by atoms with Crippen molar-refractivity contribution in [2.24, 2.45) is 0 Å². The first-order valence-corrected chi connectivity index (χ1v) is 10.9. The highest BCUT2D eigenvalue weighted by molar-refractivity contribution is 7.90. The second-order valence-electron chi connectivity index (χ2n) is 7.03. The number of hydrogen-bond acceptors (Lipinski definition) is 4. The van der Waals surface area contributed by atoms with Crippen LogP contribution in [0.4, 0.5) is 0 Å². The molecule has 0 atom stereocenters. The first kappa shape index (κ1) is 19.8. The van der Waals surface area contributed by atoms with E-state index in [1.807, 2.05) is 60.7 Å². The van der Waals surface area contributed by atoms with Crippen LogP contribution in [0.15, 0.2) is 89.8 Å². The van der Waals surface area contributed by atoms with Crippen LogP contribution in [0.2, 0.25) is 0 Å². The van der Waals surface area contributed by atoms with Gasteiger partial charge in [0.2, 0.25) is 5.91 Å². The summed E-state index contributed by atoms with van der Waals surface area (Å²) in [5, 5.41) is 0. The van der Waals surface area contributed by atoms with Crippen molar-refractivity contribution in [2.45, 2.75) is 18.0 Å². The molecule has 30 heavy (non-hydrogen) atoms. The fourth-order valence-corrected chi connectivity index (χ4v) is 4.97. The number of hydrogen-bond donors (Lipinski definition) is 0. The Morgan fingerprint density at radius 3 is 1.80 bits per heavy atom. The summed E-state index contributed by atoms with van der Waals surface area (Å²) in [5.41, 5.74) is 1.93. The van der Waals surface area contributed by atoms with E-state index < -0.39 is 28.4 Å². The summed E-state index contributed by atoms with van der Waals surface area (Å²) >= 11 is 0. The van der Waals surface area contributed by atoms with Crippen molar-refractivity contribution in [3.8, 4) is 0 Å². The average Bonchev–Trinajstić information content (AvgIpc) is 2.95. The van der Waals surface area contributed by atoms with Gasteiger partial charge in [-0.2, -0.15) is 0 Å². The highest BCUT2D eigenvalue weighted by atomic mass is 32.2. The van der Waals surface area contributed by atoms with Gasteiger partial charge in [-0.3, -0.25) is 9.59 Å². The predicted octanol–water partition coefficient (Wildman–Crippen LogP) is 3.06. The monoisotopic (exact) mass is 420 g/mol. The fraction of sp³-hybridized carbons (Fsp3) is 0.130. The Morgan fingerprint density at radius 2 is 1.27 bits per heavy atom. The summed E-state index contributed by atoms with van der Waals surface area (Å²) in [4.78, 5) is 27.3. The number of fused-ring (bicyclic) bond motifs is 1. The number of sulfonamides is 1.